The van der Waals surface area contributed by atoms with Gasteiger partial charge in [0.05, 0.1) is 6.10 Å². The van der Waals surface area contributed by atoms with Gasteiger partial charge in [-0.3, -0.25) is 0 Å². The zero-order chi connectivity index (χ0) is 10.0. The first-order valence-corrected chi connectivity index (χ1v) is 6.17. The summed E-state index contributed by atoms with van der Waals surface area (Å²) >= 11 is 0. The average molecular weight is 197 g/mol. The number of hydrogen-bond acceptors (Lipinski definition) is 2. The van der Waals surface area contributed by atoms with E-state index in [0.717, 1.165) is 13.0 Å². The smallest absolute Gasteiger partial charge is 0.0661 e. The first kappa shape index (κ1) is 10.4. The van der Waals surface area contributed by atoms with Crippen molar-refractivity contribution in [1.82, 2.24) is 0 Å². The molecule has 2 saturated carbocycles. The van der Waals surface area contributed by atoms with Gasteiger partial charge in [0, 0.05) is 18.1 Å². The molecule has 0 aromatic rings. The Morgan fingerprint density at radius 1 is 1.36 bits per heavy atom. The summed E-state index contributed by atoms with van der Waals surface area (Å²) in [6.45, 7) is 3.15. The summed E-state index contributed by atoms with van der Waals surface area (Å²) in [5, 5.41) is 0. The number of rotatable bonds is 4. The number of ether oxygens (including phenoxy) is 1. The Morgan fingerprint density at radius 2 is 2.07 bits per heavy atom. The van der Waals surface area contributed by atoms with Gasteiger partial charge in [0.25, 0.3) is 0 Å². The predicted molar refractivity (Wildman–Crippen MR) is 58.1 cm³/mol. The van der Waals surface area contributed by atoms with Gasteiger partial charge in [-0.2, -0.15) is 0 Å². The Bertz CT molecular complexity index is 187. The van der Waals surface area contributed by atoms with Crippen LogP contribution in [0.15, 0.2) is 0 Å². The minimum Gasteiger partial charge on any atom is -0.378 e. The molecule has 2 aliphatic carbocycles. The molecular formula is C12H23NO. The summed E-state index contributed by atoms with van der Waals surface area (Å²) in [5.74, 6) is 0. The van der Waals surface area contributed by atoms with Crippen molar-refractivity contribution < 1.29 is 4.74 Å². The van der Waals surface area contributed by atoms with Crippen LogP contribution in [0.4, 0.5) is 0 Å². The molecule has 82 valence electrons. The summed E-state index contributed by atoms with van der Waals surface area (Å²) in [5.41, 5.74) is 6.53. The van der Waals surface area contributed by atoms with Crippen LogP contribution in [0.5, 0.6) is 0 Å². The molecule has 0 aromatic heterocycles. The van der Waals surface area contributed by atoms with Gasteiger partial charge in [-0.05, 0) is 25.7 Å². The fourth-order valence-corrected chi connectivity index (χ4v) is 3.11. The van der Waals surface area contributed by atoms with Crippen molar-refractivity contribution in [3.63, 3.8) is 0 Å². The van der Waals surface area contributed by atoms with Crippen molar-refractivity contribution in [2.45, 2.75) is 64.0 Å². The van der Waals surface area contributed by atoms with Gasteiger partial charge >= 0.3 is 0 Å². The van der Waals surface area contributed by atoms with E-state index in [2.05, 4.69) is 6.92 Å². The number of hydrogen-bond donors (Lipinski definition) is 1. The zero-order valence-electron chi connectivity index (χ0n) is 9.30. The lowest BCUT2D eigenvalue weighted by Gasteiger charge is -2.52. The van der Waals surface area contributed by atoms with E-state index in [1.807, 2.05) is 0 Å². The molecule has 0 radical (unpaired) electrons. The Kier molecular flexibility index (Phi) is 3.13. The summed E-state index contributed by atoms with van der Waals surface area (Å²) in [6, 6.07) is 0.427. The first-order chi connectivity index (χ1) is 6.79. The third-order valence-corrected chi connectivity index (χ3v) is 4.20. The molecule has 2 N–H and O–H groups in total. The van der Waals surface area contributed by atoms with E-state index in [9.17, 15) is 0 Å². The summed E-state index contributed by atoms with van der Waals surface area (Å²) in [4.78, 5) is 0. The lowest BCUT2D eigenvalue weighted by molar-refractivity contribution is -0.124. The second kappa shape index (κ2) is 4.19. The Labute approximate surface area is 87.2 Å². The maximum absolute atomic E-state index is 6.13. The minimum absolute atomic E-state index is 0.397. The monoisotopic (exact) mass is 197 g/mol. The van der Waals surface area contributed by atoms with Crippen LogP contribution in [-0.4, -0.2) is 18.8 Å². The van der Waals surface area contributed by atoms with E-state index in [1.165, 1.54) is 38.5 Å². The molecule has 0 amide bonds. The number of nitrogens with two attached hydrogens (primary N) is 1. The first-order valence-electron chi connectivity index (χ1n) is 6.17. The highest BCUT2D eigenvalue weighted by Gasteiger charge is 2.54. The molecule has 2 atom stereocenters. The van der Waals surface area contributed by atoms with Crippen LogP contribution in [0, 0.1) is 5.41 Å². The van der Waals surface area contributed by atoms with Gasteiger partial charge in [0.2, 0.25) is 0 Å². The number of unbranched alkanes of at least 4 members (excludes halogenated alkanes) is 1. The van der Waals surface area contributed by atoms with Gasteiger partial charge in [-0.25, -0.2) is 0 Å². The van der Waals surface area contributed by atoms with Crippen LogP contribution in [0.25, 0.3) is 0 Å². The van der Waals surface area contributed by atoms with E-state index in [0.29, 0.717) is 17.6 Å². The van der Waals surface area contributed by atoms with Crippen molar-refractivity contribution in [3.05, 3.63) is 0 Å². The second-order valence-electron chi connectivity index (χ2n) is 5.00. The molecule has 0 aliphatic heterocycles. The molecule has 2 nitrogen and oxygen atoms in total. The highest BCUT2D eigenvalue weighted by molar-refractivity contribution is 5.08. The third kappa shape index (κ3) is 1.59. The third-order valence-electron chi connectivity index (χ3n) is 4.20. The molecule has 2 aliphatic rings. The van der Waals surface area contributed by atoms with Crippen LogP contribution < -0.4 is 5.73 Å². The topological polar surface area (TPSA) is 35.2 Å². The van der Waals surface area contributed by atoms with Gasteiger partial charge in [0.1, 0.15) is 0 Å². The molecule has 2 unspecified atom stereocenters. The lowest BCUT2D eigenvalue weighted by atomic mass is 9.61. The average Bonchev–Trinajstić information content (AvgIpc) is 2.68. The summed E-state index contributed by atoms with van der Waals surface area (Å²) in [7, 11) is 0. The zero-order valence-corrected chi connectivity index (χ0v) is 9.30. The lowest BCUT2D eigenvalue weighted by Crippen LogP contribution is -2.60. The van der Waals surface area contributed by atoms with E-state index in [-0.39, 0.29) is 0 Å². The molecule has 14 heavy (non-hydrogen) atoms. The SMILES string of the molecule is CCCCOC1CC(N)C12CCCC2. The summed E-state index contributed by atoms with van der Waals surface area (Å²) < 4.78 is 5.95. The Balaban J connectivity index is 1.82. The highest BCUT2D eigenvalue weighted by atomic mass is 16.5. The van der Waals surface area contributed by atoms with Crippen molar-refractivity contribution in [2.75, 3.05) is 6.61 Å². The summed E-state index contributed by atoms with van der Waals surface area (Å²) in [6.07, 6.45) is 9.36. The minimum atomic E-state index is 0.397. The standard InChI is InChI=1S/C12H23NO/c1-2-3-8-14-11-9-10(13)12(11)6-4-5-7-12/h10-11H,2-9,13H2,1H3. The van der Waals surface area contributed by atoms with Crippen molar-refractivity contribution >= 4 is 0 Å². The van der Waals surface area contributed by atoms with Gasteiger partial charge < -0.3 is 10.5 Å². The molecule has 0 saturated heterocycles. The van der Waals surface area contributed by atoms with Gasteiger partial charge in [-0.1, -0.05) is 26.2 Å². The van der Waals surface area contributed by atoms with Crippen LogP contribution in [0.1, 0.15) is 51.9 Å². The Morgan fingerprint density at radius 3 is 2.64 bits per heavy atom. The van der Waals surface area contributed by atoms with E-state index in [1.54, 1.807) is 0 Å². The van der Waals surface area contributed by atoms with Gasteiger partial charge in [-0.15, -0.1) is 0 Å². The molecule has 2 heteroatoms. The normalized spacial score (nSPS) is 34.7. The maximum Gasteiger partial charge on any atom is 0.0661 e. The fourth-order valence-electron chi connectivity index (χ4n) is 3.11. The van der Waals surface area contributed by atoms with Crippen molar-refractivity contribution in [1.29, 1.82) is 0 Å². The quantitative estimate of drug-likeness (QED) is 0.703. The van der Waals surface area contributed by atoms with E-state index >= 15 is 0 Å². The van der Waals surface area contributed by atoms with E-state index in [4.69, 9.17) is 10.5 Å². The van der Waals surface area contributed by atoms with Crippen LogP contribution in [0.2, 0.25) is 0 Å². The highest BCUT2D eigenvalue weighted by Crippen LogP contribution is 2.53. The molecule has 0 aromatic carbocycles. The Hall–Kier alpha value is -0.0800. The molecule has 2 rings (SSSR count). The van der Waals surface area contributed by atoms with Crippen LogP contribution in [-0.2, 0) is 4.74 Å². The molecule has 1 spiro atoms. The maximum atomic E-state index is 6.13. The molecule has 0 heterocycles. The van der Waals surface area contributed by atoms with E-state index < -0.39 is 0 Å². The molecular weight excluding hydrogens is 174 g/mol. The molecule has 2 fully saturated rings. The van der Waals surface area contributed by atoms with Gasteiger partial charge in [0.15, 0.2) is 0 Å². The fraction of sp³-hybridized carbons (Fsp3) is 1.00. The predicted octanol–water partition coefficient (Wildman–Crippen LogP) is 2.46. The molecule has 0 bridgehead atoms. The second-order valence-corrected chi connectivity index (χ2v) is 5.00. The van der Waals surface area contributed by atoms with Crippen LogP contribution in [0.3, 0.4) is 0 Å². The largest absolute Gasteiger partial charge is 0.378 e. The van der Waals surface area contributed by atoms with Crippen molar-refractivity contribution in [3.8, 4) is 0 Å². The van der Waals surface area contributed by atoms with Crippen LogP contribution >= 0.6 is 0 Å². The van der Waals surface area contributed by atoms with Crippen molar-refractivity contribution in [2.24, 2.45) is 11.1 Å².